The standard InChI is InChI=1S/C14H14F2N4O4/c15-12(16)8-24-10-3-1-2-9(4-10)5-17-13(21)7-20-6-11(14(22)23)18-19-20/h1-4,6,12H,5,7-8H2,(H,17,21)(H,22,23). The van der Waals surface area contributed by atoms with Gasteiger partial charge < -0.3 is 15.2 Å². The average Bonchev–Trinajstić information content (AvgIpc) is 3.00. The van der Waals surface area contributed by atoms with Crippen molar-refractivity contribution < 1.29 is 28.2 Å². The van der Waals surface area contributed by atoms with Gasteiger partial charge in [0.2, 0.25) is 5.91 Å². The Morgan fingerprint density at radius 2 is 2.17 bits per heavy atom. The van der Waals surface area contributed by atoms with Gasteiger partial charge in [-0.3, -0.25) is 4.79 Å². The predicted molar refractivity (Wildman–Crippen MR) is 76.8 cm³/mol. The number of nitrogens with zero attached hydrogens (tertiary/aromatic N) is 3. The van der Waals surface area contributed by atoms with E-state index in [9.17, 15) is 18.4 Å². The van der Waals surface area contributed by atoms with Crippen LogP contribution in [-0.4, -0.2) is 45.0 Å². The molecule has 0 radical (unpaired) electrons. The fraction of sp³-hybridized carbons (Fsp3) is 0.286. The van der Waals surface area contributed by atoms with E-state index in [4.69, 9.17) is 9.84 Å². The van der Waals surface area contributed by atoms with Crippen molar-refractivity contribution in [2.45, 2.75) is 19.5 Å². The molecule has 1 heterocycles. The van der Waals surface area contributed by atoms with Gasteiger partial charge in [0.25, 0.3) is 6.43 Å². The number of ether oxygens (including phenoxy) is 1. The van der Waals surface area contributed by atoms with Crippen molar-refractivity contribution in [2.24, 2.45) is 0 Å². The first-order valence-corrected chi connectivity index (χ1v) is 6.84. The second kappa shape index (κ2) is 7.99. The second-order valence-electron chi connectivity index (χ2n) is 4.73. The molecule has 8 nitrogen and oxygen atoms in total. The van der Waals surface area contributed by atoms with Gasteiger partial charge >= 0.3 is 5.97 Å². The van der Waals surface area contributed by atoms with Gasteiger partial charge in [-0.15, -0.1) is 5.10 Å². The Morgan fingerprint density at radius 3 is 2.83 bits per heavy atom. The lowest BCUT2D eigenvalue weighted by Crippen LogP contribution is -2.27. The number of aromatic carboxylic acids is 1. The highest BCUT2D eigenvalue weighted by atomic mass is 19.3. The van der Waals surface area contributed by atoms with E-state index < -0.39 is 24.9 Å². The van der Waals surface area contributed by atoms with Crippen LogP contribution in [0.2, 0.25) is 0 Å². The van der Waals surface area contributed by atoms with Gasteiger partial charge in [0.05, 0.1) is 6.20 Å². The SMILES string of the molecule is O=C(Cn1cc(C(=O)O)nn1)NCc1cccc(OCC(F)F)c1. The maximum absolute atomic E-state index is 12.1. The molecule has 0 unspecified atom stereocenters. The molecule has 10 heteroatoms. The van der Waals surface area contributed by atoms with Crippen molar-refractivity contribution in [3.63, 3.8) is 0 Å². The molecule has 0 saturated carbocycles. The van der Waals surface area contributed by atoms with Crippen molar-refractivity contribution in [3.8, 4) is 5.75 Å². The highest BCUT2D eigenvalue weighted by Gasteiger charge is 2.10. The van der Waals surface area contributed by atoms with E-state index in [1.165, 1.54) is 6.07 Å². The molecule has 1 aromatic heterocycles. The zero-order chi connectivity index (χ0) is 17.5. The molecule has 0 atom stereocenters. The summed E-state index contributed by atoms with van der Waals surface area (Å²) < 4.78 is 30.2. The molecule has 0 bridgehead atoms. The predicted octanol–water partition coefficient (Wildman–Crippen LogP) is 0.937. The third-order valence-electron chi connectivity index (χ3n) is 2.83. The third kappa shape index (κ3) is 5.30. The number of carboxylic acids is 1. The summed E-state index contributed by atoms with van der Waals surface area (Å²) in [5.41, 5.74) is 0.409. The quantitative estimate of drug-likeness (QED) is 0.741. The highest BCUT2D eigenvalue weighted by molar-refractivity contribution is 5.84. The summed E-state index contributed by atoms with van der Waals surface area (Å²) in [5.74, 6) is -1.36. The number of hydrogen-bond donors (Lipinski definition) is 2. The molecule has 0 fully saturated rings. The van der Waals surface area contributed by atoms with E-state index in [1.807, 2.05) is 0 Å². The molecule has 0 aliphatic carbocycles. The Morgan fingerprint density at radius 1 is 1.38 bits per heavy atom. The van der Waals surface area contributed by atoms with Crippen LogP contribution >= 0.6 is 0 Å². The molecule has 2 N–H and O–H groups in total. The molecule has 24 heavy (non-hydrogen) atoms. The van der Waals surface area contributed by atoms with E-state index >= 15 is 0 Å². The monoisotopic (exact) mass is 340 g/mol. The minimum absolute atomic E-state index is 0.158. The summed E-state index contributed by atoms with van der Waals surface area (Å²) in [6, 6.07) is 6.41. The largest absolute Gasteiger partial charge is 0.488 e. The van der Waals surface area contributed by atoms with Gasteiger partial charge in [-0.2, -0.15) is 0 Å². The number of carbonyl (C=O) groups excluding carboxylic acids is 1. The van der Waals surface area contributed by atoms with Crippen molar-refractivity contribution in [1.82, 2.24) is 20.3 Å². The first kappa shape index (κ1) is 17.3. The number of benzene rings is 1. The van der Waals surface area contributed by atoms with Crippen LogP contribution in [0.1, 0.15) is 16.1 Å². The Labute approximate surface area is 135 Å². The Hall–Kier alpha value is -3.04. The Kier molecular flexibility index (Phi) is 5.77. The second-order valence-corrected chi connectivity index (χ2v) is 4.73. The summed E-state index contributed by atoms with van der Waals surface area (Å²) in [6.45, 7) is -0.735. The van der Waals surface area contributed by atoms with Crippen molar-refractivity contribution in [1.29, 1.82) is 0 Å². The molecule has 0 spiro atoms. The topological polar surface area (TPSA) is 106 Å². The molecular weight excluding hydrogens is 326 g/mol. The lowest BCUT2D eigenvalue weighted by atomic mass is 10.2. The summed E-state index contributed by atoms with van der Waals surface area (Å²) in [7, 11) is 0. The fourth-order valence-corrected chi connectivity index (χ4v) is 1.78. The van der Waals surface area contributed by atoms with Gasteiger partial charge in [-0.25, -0.2) is 18.3 Å². The molecular formula is C14H14F2N4O4. The van der Waals surface area contributed by atoms with Gasteiger partial charge in [0, 0.05) is 6.54 Å². The van der Waals surface area contributed by atoms with E-state index in [0.717, 1.165) is 10.9 Å². The van der Waals surface area contributed by atoms with Crippen LogP contribution in [0.3, 0.4) is 0 Å². The molecule has 0 saturated heterocycles. The molecule has 1 aromatic carbocycles. The number of aromatic nitrogens is 3. The van der Waals surface area contributed by atoms with Crippen LogP contribution in [0.4, 0.5) is 8.78 Å². The van der Waals surface area contributed by atoms with Crippen molar-refractivity contribution in [3.05, 3.63) is 41.7 Å². The minimum Gasteiger partial charge on any atom is -0.488 e. The van der Waals surface area contributed by atoms with Gasteiger partial charge in [-0.05, 0) is 17.7 Å². The normalized spacial score (nSPS) is 10.6. The molecule has 128 valence electrons. The zero-order valence-electron chi connectivity index (χ0n) is 12.4. The number of rotatable bonds is 8. The van der Waals surface area contributed by atoms with Crippen LogP contribution in [0, 0.1) is 0 Å². The molecule has 0 aliphatic heterocycles. The van der Waals surface area contributed by atoms with Crippen molar-refractivity contribution in [2.75, 3.05) is 6.61 Å². The number of amides is 1. The van der Waals surface area contributed by atoms with E-state index in [0.29, 0.717) is 5.56 Å². The lowest BCUT2D eigenvalue weighted by Gasteiger charge is -2.08. The number of hydrogen-bond acceptors (Lipinski definition) is 5. The van der Waals surface area contributed by atoms with E-state index in [1.54, 1.807) is 18.2 Å². The number of alkyl halides is 2. The van der Waals surface area contributed by atoms with Gasteiger partial charge in [-0.1, -0.05) is 17.3 Å². The van der Waals surface area contributed by atoms with Crippen LogP contribution in [0.5, 0.6) is 5.75 Å². The molecule has 2 aromatic rings. The summed E-state index contributed by atoms with van der Waals surface area (Å²) in [5, 5.41) is 18.2. The highest BCUT2D eigenvalue weighted by Crippen LogP contribution is 2.14. The van der Waals surface area contributed by atoms with Crippen molar-refractivity contribution >= 4 is 11.9 Å². The van der Waals surface area contributed by atoms with Gasteiger partial charge in [0.1, 0.15) is 18.9 Å². The first-order chi connectivity index (χ1) is 11.4. The smallest absolute Gasteiger partial charge is 0.358 e. The first-order valence-electron chi connectivity index (χ1n) is 6.84. The fourth-order valence-electron chi connectivity index (χ4n) is 1.78. The zero-order valence-corrected chi connectivity index (χ0v) is 12.4. The third-order valence-corrected chi connectivity index (χ3v) is 2.83. The Bertz CT molecular complexity index is 720. The number of carbonyl (C=O) groups is 2. The van der Waals surface area contributed by atoms with Crippen LogP contribution in [0.15, 0.2) is 30.5 Å². The maximum Gasteiger partial charge on any atom is 0.358 e. The lowest BCUT2D eigenvalue weighted by molar-refractivity contribution is -0.122. The summed E-state index contributed by atoms with van der Waals surface area (Å²) in [6.07, 6.45) is -1.42. The minimum atomic E-state index is -2.56. The molecule has 1 amide bonds. The van der Waals surface area contributed by atoms with Crippen LogP contribution in [-0.2, 0) is 17.9 Å². The summed E-state index contributed by atoms with van der Waals surface area (Å²) in [4.78, 5) is 22.5. The van der Waals surface area contributed by atoms with E-state index in [-0.39, 0.29) is 24.5 Å². The molecule has 2 rings (SSSR count). The Balaban J connectivity index is 1.84. The average molecular weight is 340 g/mol. The number of halogens is 2. The maximum atomic E-state index is 12.1. The number of carboxylic acid groups (broad SMARTS) is 1. The van der Waals surface area contributed by atoms with E-state index in [2.05, 4.69) is 15.6 Å². The van der Waals surface area contributed by atoms with Crippen LogP contribution < -0.4 is 10.1 Å². The van der Waals surface area contributed by atoms with Crippen LogP contribution in [0.25, 0.3) is 0 Å². The number of nitrogens with one attached hydrogen (secondary N) is 1. The van der Waals surface area contributed by atoms with Gasteiger partial charge in [0.15, 0.2) is 5.69 Å². The summed E-state index contributed by atoms with van der Waals surface area (Å²) >= 11 is 0. The molecule has 0 aliphatic rings.